The summed E-state index contributed by atoms with van der Waals surface area (Å²) in [5.74, 6) is 0.591. The molecule has 0 saturated carbocycles. The van der Waals surface area contributed by atoms with Crippen molar-refractivity contribution in [2.45, 2.75) is 31.7 Å². The molecule has 2 aromatic carbocycles. The lowest BCUT2D eigenvalue weighted by molar-refractivity contribution is -0.117. The van der Waals surface area contributed by atoms with Gasteiger partial charge in [0.05, 0.1) is 30.8 Å². The van der Waals surface area contributed by atoms with Crippen LogP contribution in [0.1, 0.15) is 18.1 Å². The number of methoxy groups -OCH3 is 2. The predicted octanol–water partition coefficient (Wildman–Crippen LogP) is 2.63. The molecule has 8 heteroatoms. The van der Waals surface area contributed by atoms with Crippen LogP contribution in [0.2, 0.25) is 0 Å². The third-order valence-electron chi connectivity index (χ3n) is 4.01. The van der Waals surface area contributed by atoms with E-state index in [0.717, 1.165) is 5.56 Å². The summed E-state index contributed by atoms with van der Waals surface area (Å²) in [6.45, 7) is 5.11. The molecule has 0 aliphatic rings. The molecular formula is C19H24N2O5S. The quantitative estimate of drug-likeness (QED) is 0.755. The molecule has 0 bridgehead atoms. The standard InChI is InChI=1S/C19H24N2O5S/c1-12-6-8-18(26-5)16(10-12)20-19(22)14(3)21-27(23,24)15-7-9-17(25-4)13(2)11-15/h6-11,14,21H,1-5H3,(H,20,22)/t14-/m1/s1. The van der Waals surface area contributed by atoms with Crippen LogP contribution in [0.4, 0.5) is 5.69 Å². The SMILES string of the molecule is COc1ccc(S(=O)(=O)N[C@H](C)C(=O)Nc2cc(C)ccc2OC)cc1C. The maximum absolute atomic E-state index is 12.6. The molecular weight excluding hydrogens is 368 g/mol. The molecule has 2 N–H and O–H groups in total. The molecule has 1 amide bonds. The molecule has 0 fully saturated rings. The van der Waals surface area contributed by atoms with Gasteiger partial charge in [0.15, 0.2) is 0 Å². The van der Waals surface area contributed by atoms with E-state index in [-0.39, 0.29) is 4.90 Å². The van der Waals surface area contributed by atoms with E-state index >= 15 is 0 Å². The first-order valence-corrected chi connectivity index (χ1v) is 9.78. The van der Waals surface area contributed by atoms with Gasteiger partial charge >= 0.3 is 0 Å². The average molecular weight is 392 g/mol. The average Bonchev–Trinajstić information content (AvgIpc) is 2.61. The Morgan fingerprint density at radius 3 is 2.22 bits per heavy atom. The van der Waals surface area contributed by atoms with Gasteiger partial charge in [-0.25, -0.2) is 8.42 Å². The Labute approximate surface area is 159 Å². The Bertz CT molecular complexity index is 941. The van der Waals surface area contributed by atoms with Crippen molar-refractivity contribution in [3.63, 3.8) is 0 Å². The first-order valence-electron chi connectivity index (χ1n) is 8.30. The maximum Gasteiger partial charge on any atom is 0.242 e. The highest BCUT2D eigenvalue weighted by Crippen LogP contribution is 2.25. The third kappa shape index (κ3) is 4.99. The van der Waals surface area contributed by atoms with E-state index < -0.39 is 22.0 Å². The van der Waals surface area contributed by atoms with Crippen LogP contribution in [0.5, 0.6) is 11.5 Å². The van der Waals surface area contributed by atoms with Gasteiger partial charge in [-0.3, -0.25) is 4.79 Å². The van der Waals surface area contributed by atoms with Gasteiger partial charge in [-0.1, -0.05) is 6.07 Å². The fourth-order valence-electron chi connectivity index (χ4n) is 2.53. The van der Waals surface area contributed by atoms with Gasteiger partial charge in [0, 0.05) is 0 Å². The smallest absolute Gasteiger partial charge is 0.242 e. The lowest BCUT2D eigenvalue weighted by atomic mass is 10.2. The summed E-state index contributed by atoms with van der Waals surface area (Å²) in [5, 5.41) is 2.69. The van der Waals surface area contributed by atoms with Crippen molar-refractivity contribution >= 4 is 21.6 Å². The number of benzene rings is 2. The number of rotatable bonds is 7. The molecule has 2 rings (SSSR count). The zero-order valence-corrected chi connectivity index (χ0v) is 16.8. The minimum absolute atomic E-state index is 0.0635. The molecule has 146 valence electrons. The number of hydrogen-bond acceptors (Lipinski definition) is 5. The Balaban J connectivity index is 2.16. The second kappa shape index (κ2) is 8.41. The number of ether oxygens (including phenoxy) is 2. The van der Waals surface area contributed by atoms with E-state index in [9.17, 15) is 13.2 Å². The van der Waals surface area contributed by atoms with Crippen molar-refractivity contribution < 1.29 is 22.7 Å². The van der Waals surface area contributed by atoms with Gasteiger partial charge in [0.2, 0.25) is 15.9 Å². The Hall–Kier alpha value is -2.58. The number of aryl methyl sites for hydroxylation is 2. The first-order chi connectivity index (χ1) is 12.7. The number of nitrogens with one attached hydrogen (secondary N) is 2. The Kier molecular flexibility index (Phi) is 6.45. The topological polar surface area (TPSA) is 93.7 Å². The zero-order valence-electron chi connectivity index (χ0n) is 16.0. The summed E-state index contributed by atoms with van der Waals surface area (Å²) in [7, 11) is -0.853. The molecule has 0 radical (unpaired) electrons. The fraction of sp³-hybridized carbons (Fsp3) is 0.316. The summed E-state index contributed by atoms with van der Waals surface area (Å²) >= 11 is 0. The zero-order chi connectivity index (χ0) is 20.2. The largest absolute Gasteiger partial charge is 0.496 e. The van der Waals surface area contributed by atoms with Crippen LogP contribution in [0, 0.1) is 13.8 Å². The second-order valence-corrected chi connectivity index (χ2v) is 7.88. The van der Waals surface area contributed by atoms with Crippen molar-refractivity contribution in [1.82, 2.24) is 4.72 Å². The monoisotopic (exact) mass is 392 g/mol. The van der Waals surface area contributed by atoms with E-state index in [4.69, 9.17) is 9.47 Å². The molecule has 0 aromatic heterocycles. The molecule has 27 heavy (non-hydrogen) atoms. The number of carbonyl (C=O) groups excluding carboxylic acids is 1. The van der Waals surface area contributed by atoms with Crippen molar-refractivity contribution in [1.29, 1.82) is 0 Å². The highest BCUT2D eigenvalue weighted by molar-refractivity contribution is 7.89. The van der Waals surface area contributed by atoms with E-state index in [1.54, 1.807) is 25.1 Å². The van der Waals surface area contributed by atoms with Crippen LogP contribution in [0.15, 0.2) is 41.3 Å². The summed E-state index contributed by atoms with van der Waals surface area (Å²) in [4.78, 5) is 12.5. The molecule has 0 unspecified atom stereocenters. The van der Waals surface area contributed by atoms with Crippen molar-refractivity contribution in [3.05, 3.63) is 47.5 Å². The van der Waals surface area contributed by atoms with E-state index in [1.165, 1.54) is 33.3 Å². The lowest BCUT2D eigenvalue weighted by Crippen LogP contribution is -2.41. The van der Waals surface area contributed by atoms with E-state index in [2.05, 4.69) is 10.0 Å². The van der Waals surface area contributed by atoms with E-state index in [0.29, 0.717) is 22.7 Å². The molecule has 0 spiro atoms. The van der Waals surface area contributed by atoms with Gasteiger partial charge in [-0.2, -0.15) is 4.72 Å². The molecule has 0 aliphatic heterocycles. The molecule has 0 heterocycles. The molecule has 0 aliphatic carbocycles. The third-order valence-corrected chi connectivity index (χ3v) is 5.55. The van der Waals surface area contributed by atoms with Crippen molar-refractivity contribution in [3.8, 4) is 11.5 Å². The van der Waals surface area contributed by atoms with Crippen LogP contribution in [0.25, 0.3) is 0 Å². The number of amides is 1. The summed E-state index contributed by atoms with van der Waals surface area (Å²) in [6.07, 6.45) is 0. The molecule has 1 atom stereocenters. The van der Waals surface area contributed by atoms with E-state index in [1.807, 2.05) is 13.0 Å². The van der Waals surface area contributed by atoms with Gasteiger partial charge in [-0.15, -0.1) is 0 Å². The first kappa shape index (κ1) is 20.7. The van der Waals surface area contributed by atoms with Gasteiger partial charge in [0.25, 0.3) is 0 Å². The summed E-state index contributed by atoms with van der Waals surface area (Å²) in [6, 6.07) is 8.86. The normalized spacial score (nSPS) is 12.3. The second-order valence-electron chi connectivity index (χ2n) is 6.17. The van der Waals surface area contributed by atoms with Gasteiger partial charge in [0.1, 0.15) is 11.5 Å². The lowest BCUT2D eigenvalue weighted by Gasteiger charge is -2.17. The molecule has 7 nitrogen and oxygen atoms in total. The van der Waals surface area contributed by atoms with Crippen LogP contribution in [-0.4, -0.2) is 34.6 Å². The summed E-state index contributed by atoms with van der Waals surface area (Å²) in [5.41, 5.74) is 2.10. The van der Waals surface area contributed by atoms with Gasteiger partial charge < -0.3 is 14.8 Å². The Morgan fingerprint density at radius 1 is 1.00 bits per heavy atom. The molecule has 0 saturated heterocycles. The summed E-state index contributed by atoms with van der Waals surface area (Å²) < 4.78 is 37.9. The number of anilines is 1. The highest BCUT2D eigenvalue weighted by Gasteiger charge is 2.23. The van der Waals surface area contributed by atoms with Crippen LogP contribution < -0.4 is 19.5 Å². The van der Waals surface area contributed by atoms with Crippen LogP contribution in [0.3, 0.4) is 0 Å². The number of sulfonamides is 1. The Morgan fingerprint density at radius 2 is 1.63 bits per heavy atom. The minimum Gasteiger partial charge on any atom is -0.496 e. The van der Waals surface area contributed by atoms with Crippen LogP contribution in [-0.2, 0) is 14.8 Å². The predicted molar refractivity (Wildman–Crippen MR) is 104 cm³/mol. The van der Waals surface area contributed by atoms with Crippen LogP contribution >= 0.6 is 0 Å². The maximum atomic E-state index is 12.6. The van der Waals surface area contributed by atoms with Crippen molar-refractivity contribution in [2.75, 3.05) is 19.5 Å². The van der Waals surface area contributed by atoms with Crippen molar-refractivity contribution in [2.24, 2.45) is 0 Å². The number of hydrogen-bond donors (Lipinski definition) is 2. The fourth-order valence-corrected chi connectivity index (χ4v) is 3.82. The van der Waals surface area contributed by atoms with Gasteiger partial charge in [-0.05, 0) is 62.2 Å². The minimum atomic E-state index is -3.87. The highest BCUT2D eigenvalue weighted by atomic mass is 32.2. The number of carbonyl (C=O) groups is 1. The molecule has 2 aromatic rings.